The van der Waals surface area contributed by atoms with Gasteiger partial charge >= 0.3 is 0 Å². The smallest absolute Gasteiger partial charge is 0.257 e. The second kappa shape index (κ2) is 7.77. The molecule has 0 atom stereocenters. The number of nitrogens with zero attached hydrogens (tertiary/aromatic N) is 2. The summed E-state index contributed by atoms with van der Waals surface area (Å²) in [5.41, 5.74) is 5.10. The van der Waals surface area contributed by atoms with E-state index in [4.69, 9.17) is 0 Å². The highest BCUT2D eigenvalue weighted by Gasteiger charge is 2.29. The maximum Gasteiger partial charge on any atom is 0.257 e. The van der Waals surface area contributed by atoms with Crippen molar-refractivity contribution in [3.05, 3.63) is 77.0 Å². The van der Waals surface area contributed by atoms with Crippen LogP contribution in [0.25, 0.3) is 11.3 Å². The van der Waals surface area contributed by atoms with Crippen LogP contribution in [0.2, 0.25) is 0 Å². The summed E-state index contributed by atoms with van der Waals surface area (Å²) in [5, 5.41) is 0. The number of hydrogen-bond donors (Lipinski definition) is 0. The molecule has 1 aliphatic rings. The third-order valence-electron chi connectivity index (χ3n) is 5.28. The van der Waals surface area contributed by atoms with E-state index in [9.17, 15) is 9.18 Å². The predicted octanol–water partition coefficient (Wildman–Crippen LogP) is 1.03. The molecule has 0 fully saturated rings. The summed E-state index contributed by atoms with van der Waals surface area (Å²) in [7, 11) is 0. The minimum Gasteiger partial charge on any atom is -1.00 e. The number of hydrogen-bond acceptors (Lipinski definition) is 1. The summed E-state index contributed by atoms with van der Waals surface area (Å²) in [6.07, 6.45) is 4.06. The van der Waals surface area contributed by atoms with Gasteiger partial charge in [-0.3, -0.25) is 4.79 Å². The van der Waals surface area contributed by atoms with Gasteiger partial charge in [-0.1, -0.05) is 12.1 Å². The average molecular weight is 429 g/mol. The van der Waals surface area contributed by atoms with Crippen LogP contribution in [0, 0.1) is 19.7 Å². The van der Waals surface area contributed by atoms with Crippen LogP contribution in [0.15, 0.2) is 48.7 Å². The number of imidazole rings is 1. The molecule has 2 aromatic carbocycles. The molecule has 27 heavy (non-hydrogen) atoms. The predicted molar refractivity (Wildman–Crippen MR) is 98.6 cm³/mol. The third-order valence-corrected chi connectivity index (χ3v) is 5.28. The Balaban J connectivity index is 0.00000210. The second-order valence-electron chi connectivity index (χ2n) is 7.04. The van der Waals surface area contributed by atoms with Crippen molar-refractivity contribution in [1.82, 2.24) is 4.57 Å². The van der Waals surface area contributed by atoms with E-state index in [2.05, 4.69) is 9.13 Å². The fourth-order valence-corrected chi connectivity index (χ4v) is 3.66. The van der Waals surface area contributed by atoms with E-state index in [1.165, 1.54) is 23.5 Å². The minimum absolute atomic E-state index is 0. The molecule has 0 amide bonds. The molecular formula is C22H22BrFN2O. The number of Topliss-reactive ketones (excluding diaryl/α,β-unsaturated/α-hetero) is 1. The fourth-order valence-electron chi connectivity index (χ4n) is 3.66. The lowest BCUT2D eigenvalue weighted by molar-refractivity contribution is -0.689. The Labute approximate surface area is 169 Å². The molecule has 0 saturated heterocycles. The summed E-state index contributed by atoms with van der Waals surface area (Å²) in [4.78, 5) is 12.8. The number of ketones is 1. The molecule has 0 radical (unpaired) electrons. The van der Waals surface area contributed by atoms with E-state index < -0.39 is 0 Å². The van der Waals surface area contributed by atoms with E-state index in [1.54, 1.807) is 12.1 Å². The molecule has 2 heterocycles. The average Bonchev–Trinajstić information content (AvgIpc) is 3.22. The lowest BCUT2D eigenvalue weighted by atomic mass is 10.0. The van der Waals surface area contributed by atoms with Gasteiger partial charge in [0.05, 0.1) is 13.0 Å². The molecule has 5 heteroatoms. The summed E-state index contributed by atoms with van der Waals surface area (Å²) in [6, 6.07) is 12.4. The van der Waals surface area contributed by atoms with Gasteiger partial charge in [0.15, 0.2) is 12.2 Å². The van der Waals surface area contributed by atoms with Gasteiger partial charge in [0.2, 0.25) is 5.78 Å². The Hall–Kier alpha value is -2.27. The Morgan fingerprint density at radius 3 is 2.56 bits per heavy atom. The molecule has 3 nitrogen and oxygen atoms in total. The van der Waals surface area contributed by atoms with Crippen molar-refractivity contribution in [2.75, 3.05) is 0 Å². The molecule has 3 aromatic rings. The number of fused-ring (bicyclic) bond motifs is 1. The molecular weight excluding hydrogens is 407 g/mol. The summed E-state index contributed by atoms with van der Waals surface area (Å²) in [6.45, 7) is 5.35. The number of carbonyl (C=O) groups is 1. The van der Waals surface area contributed by atoms with Gasteiger partial charge in [0.25, 0.3) is 5.82 Å². The van der Waals surface area contributed by atoms with Crippen LogP contribution in [0.4, 0.5) is 4.39 Å². The first-order chi connectivity index (χ1) is 12.5. The number of aryl methyl sites for hydroxylation is 2. The van der Waals surface area contributed by atoms with Crippen LogP contribution in [-0.4, -0.2) is 10.4 Å². The monoisotopic (exact) mass is 428 g/mol. The zero-order valence-electron chi connectivity index (χ0n) is 15.5. The largest absolute Gasteiger partial charge is 1.00 e. The number of halogens is 2. The van der Waals surface area contributed by atoms with Crippen molar-refractivity contribution >= 4 is 5.78 Å². The van der Waals surface area contributed by atoms with Gasteiger partial charge in [0, 0.05) is 11.1 Å². The van der Waals surface area contributed by atoms with Crippen LogP contribution in [0.1, 0.15) is 33.7 Å². The molecule has 1 aromatic heterocycles. The molecule has 0 bridgehead atoms. The van der Waals surface area contributed by atoms with Crippen LogP contribution in [0.5, 0.6) is 0 Å². The first-order valence-electron chi connectivity index (χ1n) is 9.01. The van der Waals surface area contributed by atoms with Crippen molar-refractivity contribution in [2.24, 2.45) is 0 Å². The van der Waals surface area contributed by atoms with E-state index >= 15 is 0 Å². The van der Waals surface area contributed by atoms with Crippen LogP contribution in [-0.2, 0) is 19.5 Å². The number of rotatable bonds is 4. The molecule has 0 saturated carbocycles. The molecule has 1 aliphatic heterocycles. The zero-order chi connectivity index (χ0) is 18.3. The highest BCUT2D eigenvalue weighted by Crippen LogP contribution is 2.25. The highest BCUT2D eigenvalue weighted by molar-refractivity contribution is 5.95. The van der Waals surface area contributed by atoms with Gasteiger partial charge < -0.3 is 17.0 Å². The summed E-state index contributed by atoms with van der Waals surface area (Å²) >= 11 is 0. The lowest BCUT2D eigenvalue weighted by Crippen LogP contribution is -3.00. The summed E-state index contributed by atoms with van der Waals surface area (Å²) < 4.78 is 17.6. The van der Waals surface area contributed by atoms with Crippen molar-refractivity contribution in [3.8, 4) is 11.3 Å². The SMILES string of the molecule is Cc1ccc(C(=O)C[n+]2cc(-c3ccc(F)cc3)n3c2CCC3)cc1C.[Br-]. The van der Waals surface area contributed by atoms with Gasteiger partial charge in [0.1, 0.15) is 12.0 Å². The lowest BCUT2D eigenvalue weighted by Gasteiger charge is -2.04. The zero-order valence-corrected chi connectivity index (χ0v) is 17.1. The van der Waals surface area contributed by atoms with Crippen LogP contribution in [0.3, 0.4) is 0 Å². The normalized spacial score (nSPS) is 12.6. The summed E-state index contributed by atoms with van der Waals surface area (Å²) in [5.74, 6) is 1.05. The van der Waals surface area contributed by atoms with Gasteiger partial charge in [-0.2, -0.15) is 0 Å². The fraction of sp³-hybridized carbons (Fsp3) is 0.273. The minimum atomic E-state index is -0.236. The Morgan fingerprint density at radius 2 is 1.85 bits per heavy atom. The first kappa shape index (κ1) is 19.5. The van der Waals surface area contributed by atoms with E-state index in [-0.39, 0.29) is 28.6 Å². The van der Waals surface area contributed by atoms with Gasteiger partial charge in [-0.15, -0.1) is 0 Å². The second-order valence-corrected chi connectivity index (χ2v) is 7.04. The number of benzene rings is 2. The standard InChI is InChI=1S/C22H22FN2O.BrH/c1-15-5-6-18(12-16(15)2)21(26)14-24-13-20(25-11-3-4-22(24)25)17-7-9-19(23)10-8-17;/h5-10,12-13H,3-4,11,14H2,1-2H3;1H/q+1;/p-1. The van der Waals surface area contributed by atoms with Crippen LogP contribution < -0.4 is 21.5 Å². The Kier molecular flexibility index (Phi) is 5.61. The van der Waals surface area contributed by atoms with Crippen molar-refractivity contribution < 1.29 is 30.7 Å². The molecule has 0 N–H and O–H groups in total. The van der Waals surface area contributed by atoms with E-state index in [1.807, 2.05) is 38.2 Å². The quantitative estimate of drug-likeness (QED) is 0.450. The molecule has 0 aliphatic carbocycles. The van der Waals surface area contributed by atoms with Gasteiger partial charge in [-0.05, 0) is 61.7 Å². The maximum atomic E-state index is 13.2. The number of carbonyl (C=O) groups excluding carboxylic acids is 1. The maximum absolute atomic E-state index is 13.2. The topological polar surface area (TPSA) is 25.9 Å². The van der Waals surface area contributed by atoms with Crippen molar-refractivity contribution in [2.45, 2.75) is 39.8 Å². The van der Waals surface area contributed by atoms with Crippen LogP contribution >= 0.6 is 0 Å². The molecule has 140 valence electrons. The number of aromatic nitrogens is 2. The Bertz CT molecular complexity index is 992. The van der Waals surface area contributed by atoms with Crippen molar-refractivity contribution in [1.29, 1.82) is 0 Å². The first-order valence-corrected chi connectivity index (χ1v) is 9.01. The van der Waals surface area contributed by atoms with Crippen molar-refractivity contribution in [3.63, 3.8) is 0 Å². The molecule has 0 unspecified atom stereocenters. The van der Waals surface area contributed by atoms with E-state index in [0.717, 1.165) is 41.8 Å². The Morgan fingerprint density at radius 1 is 1.11 bits per heavy atom. The van der Waals surface area contributed by atoms with Gasteiger partial charge in [-0.25, -0.2) is 13.5 Å². The highest BCUT2D eigenvalue weighted by atomic mass is 79.9. The third kappa shape index (κ3) is 3.74. The van der Waals surface area contributed by atoms with E-state index in [0.29, 0.717) is 6.54 Å². The molecule has 4 rings (SSSR count). The molecule has 0 spiro atoms.